The van der Waals surface area contributed by atoms with Gasteiger partial charge < -0.3 is 0 Å². The van der Waals surface area contributed by atoms with E-state index in [1.165, 1.54) is 16.3 Å². The molecule has 0 atom stereocenters. The third-order valence-electron chi connectivity index (χ3n) is 2.25. The summed E-state index contributed by atoms with van der Waals surface area (Å²) in [5.41, 5.74) is 1.35. The van der Waals surface area contributed by atoms with Crippen molar-refractivity contribution in [2.75, 3.05) is 0 Å². The Bertz CT molecular complexity index is 396. The van der Waals surface area contributed by atoms with Crippen molar-refractivity contribution in [1.29, 1.82) is 0 Å². The van der Waals surface area contributed by atoms with E-state index >= 15 is 0 Å². The van der Waals surface area contributed by atoms with Crippen LogP contribution in [-0.4, -0.2) is 0 Å². The van der Waals surface area contributed by atoms with Gasteiger partial charge in [-0.25, -0.2) is 0 Å². The van der Waals surface area contributed by atoms with Gasteiger partial charge >= 0.3 is 0 Å². The van der Waals surface area contributed by atoms with Crippen molar-refractivity contribution in [3.63, 3.8) is 0 Å². The maximum Gasteiger partial charge on any atom is -0.00894 e. The van der Waals surface area contributed by atoms with Crippen molar-refractivity contribution < 1.29 is 0 Å². The lowest BCUT2D eigenvalue weighted by Gasteiger charge is -2.03. The smallest absolute Gasteiger partial charge is 0.00894 e. The van der Waals surface area contributed by atoms with E-state index in [1.807, 2.05) is 0 Å². The van der Waals surface area contributed by atoms with Crippen LogP contribution in [0, 0.1) is 6.42 Å². The zero-order valence-electron chi connectivity index (χ0n) is 7.83. The van der Waals surface area contributed by atoms with Crippen molar-refractivity contribution >= 4 is 10.8 Å². The molecule has 0 aromatic heterocycles. The maximum absolute atomic E-state index is 2.27. The van der Waals surface area contributed by atoms with E-state index in [1.54, 1.807) is 0 Å². The van der Waals surface area contributed by atoms with Crippen LogP contribution in [-0.2, 0) is 0 Å². The van der Waals surface area contributed by atoms with E-state index in [9.17, 15) is 0 Å². The van der Waals surface area contributed by atoms with Crippen LogP contribution in [0.4, 0.5) is 0 Å². The molecule has 65 valence electrons. The first-order chi connectivity index (χ1) is 6.42. The quantitative estimate of drug-likeness (QED) is 0.641. The van der Waals surface area contributed by atoms with Crippen molar-refractivity contribution in [1.82, 2.24) is 0 Å². The molecule has 0 amide bonds. The molecule has 0 nitrogen and oxygen atoms in total. The molecule has 0 aliphatic carbocycles. The topological polar surface area (TPSA) is 0 Å². The van der Waals surface area contributed by atoms with E-state index < -0.39 is 0 Å². The molecule has 0 unspecified atom stereocenters. The van der Waals surface area contributed by atoms with E-state index in [0.717, 1.165) is 6.42 Å². The van der Waals surface area contributed by atoms with Gasteiger partial charge in [0.05, 0.1) is 0 Å². The summed E-state index contributed by atoms with van der Waals surface area (Å²) >= 11 is 0. The van der Waals surface area contributed by atoms with Crippen molar-refractivity contribution in [3.05, 3.63) is 54.4 Å². The van der Waals surface area contributed by atoms with Gasteiger partial charge in [-0.2, -0.15) is 0 Å². The molecule has 2 aromatic rings. The van der Waals surface area contributed by atoms with E-state index in [4.69, 9.17) is 0 Å². The second kappa shape index (κ2) is 3.61. The van der Waals surface area contributed by atoms with Crippen LogP contribution >= 0.6 is 0 Å². The fourth-order valence-corrected chi connectivity index (χ4v) is 1.65. The monoisotopic (exact) mass is 169 g/mol. The summed E-state index contributed by atoms with van der Waals surface area (Å²) < 4.78 is 0. The molecular formula is C13H13. The standard InChI is InChI=1S/C13H13/c1-2-6-11-8-5-9-12-7-3-4-10-13(11)12/h3-10H,2H2,1H3. The molecule has 13 heavy (non-hydrogen) atoms. The Labute approximate surface area is 79.2 Å². The Morgan fingerprint density at radius 2 is 1.77 bits per heavy atom. The Kier molecular flexibility index (Phi) is 2.31. The minimum absolute atomic E-state index is 1.09. The minimum atomic E-state index is 1.09. The van der Waals surface area contributed by atoms with Gasteiger partial charge in [0, 0.05) is 0 Å². The lowest BCUT2D eigenvalue weighted by atomic mass is 10.0. The third-order valence-corrected chi connectivity index (χ3v) is 2.25. The highest BCUT2D eigenvalue weighted by molar-refractivity contribution is 5.86. The van der Waals surface area contributed by atoms with Gasteiger partial charge in [-0.05, 0) is 29.2 Å². The van der Waals surface area contributed by atoms with Gasteiger partial charge in [-0.1, -0.05) is 49.4 Å². The van der Waals surface area contributed by atoms with Crippen LogP contribution in [0.15, 0.2) is 42.5 Å². The molecule has 0 fully saturated rings. The zero-order chi connectivity index (χ0) is 9.10. The number of rotatable bonds is 2. The zero-order valence-corrected chi connectivity index (χ0v) is 7.83. The van der Waals surface area contributed by atoms with Crippen molar-refractivity contribution in [2.24, 2.45) is 0 Å². The van der Waals surface area contributed by atoms with Crippen LogP contribution < -0.4 is 0 Å². The first-order valence-corrected chi connectivity index (χ1v) is 4.73. The summed E-state index contributed by atoms with van der Waals surface area (Å²) in [6.45, 7) is 2.17. The van der Waals surface area contributed by atoms with Gasteiger partial charge in [0.2, 0.25) is 0 Å². The Balaban J connectivity index is 2.61. The minimum Gasteiger partial charge on any atom is -0.0648 e. The molecule has 0 bridgehead atoms. The van der Waals surface area contributed by atoms with Crippen LogP contribution in [0.2, 0.25) is 0 Å². The second-order valence-electron chi connectivity index (χ2n) is 3.18. The molecule has 0 heteroatoms. The van der Waals surface area contributed by atoms with E-state index in [2.05, 4.69) is 55.8 Å². The summed E-state index contributed by atoms with van der Waals surface area (Å²) in [5, 5.41) is 2.68. The summed E-state index contributed by atoms with van der Waals surface area (Å²) in [6, 6.07) is 14.9. The van der Waals surface area contributed by atoms with Crippen LogP contribution in [0.5, 0.6) is 0 Å². The van der Waals surface area contributed by atoms with E-state index in [0.29, 0.717) is 0 Å². The molecule has 2 aromatic carbocycles. The van der Waals surface area contributed by atoms with Gasteiger partial charge in [0.1, 0.15) is 0 Å². The van der Waals surface area contributed by atoms with Crippen LogP contribution in [0.25, 0.3) is 10.8 Å². The largest absolute Gasteiger partial charge is 0.0648 e. The molecule has 0 aliphatic heterocycles. The molecule has 0 N–H and O–H groups in total. The predicted molar refractivity (Wildman–Crippen MR) is 57.6 cm³/mol. The molecule has 0 saturated carbocycles. The van der Waals surface area contributed by atoms with Gasteiger partial charge in [0.25, 0.3) is 0 Å². The van der Waals surface area contributed by atoms with Gasteiger partial charge in [-0.15, -0.1) is 0 Å². The molecule has 1 radical (unpaired) electrons. The molecular weight excluding hydrogens is 156 g/mol. The summed E-state index contributed by atoms with van der Waals surface area (Å²) in [7, 11) is 0. The Hall–Kier alpha value is -1.30. The fourth-order valence-electron chi connectivity index (χ4n) is 1.65. The number of benzene rings is 2. The lowest BCUT2D eigenvalue weighted by molar-refractivity contribution is 1.13. The van der Waals surface area contributed by atoms with Crippen LogP contribution in [0.1, 0.15) is 18.9 Å². The number of fused-ring (bicyclic) bond motifs is 1. The third kappa shape index (κ3) is 1.57. The molecule has 2 rings (SSSR count). The first kappa shape index (κ1) is 8.31. The van der Waals surface area contributed by atoms with Gasteiger partial charge in [0.15, 0.2) is 0 Å². The highest BCUT2D eigenvalue weighted by atomic mass is 14.0. The van der Waals surface area contributed by atoms with Crippen LogP contribution in [0.3, 0.4) is 0 Å². The van der Waals surface area contributed by atoms with E-state index in [-0.39, 0.29) is 0 Å². The van der Waals surface area contributed by atoms with Crippen molar-refractivity contribution in [2.45, 2.75) is 13.3 Å². The fraction of sp³-hybridized carbons (Fsp3) is 0.154. The lowest BCUT2D eigenvalue weighted by Crippen LogP contribution is -1.82. The maximum atomic E-state index is 2.27. The summed E-state index contributed by atoms with van der Waals surface area (Å²) in [5.74, 6) is 0. The van der Waals surface area contributed by atoms with Gasteiger partial charge in [-0.3, -0.25) is 0 Å². The first-order valence-electron chi connectivity index (χ1n) is 4.73. The number of hydrogen-bond donors (Lipinski definition) is 0. The Morgan fingerprint density at radius 1 is 1.00 bits per heavy atom. The normalized spacial score (nSPS) is 10.5. The Morgan fingerprint density at radius 3 is 2.62 bits per heavy atom. The molecule has 0 saturated heterocycles. The predicted octanol–water partition coefficient (Wildman–Crippen LogP) is 3.80. The average molecular weight is 169 g/mol. The summed E-state index contributed by atoms with van der Waals surface area (Å²) in [4.78, 5) is 0. The summed E-state index contributed by atoms with van der Waals surface area (Å²) in [6.07, 6.45) is 3.36. The molecule has 0 spiro atoms. The SMILES string of the molecule is CC[CH]c1cccc2ccccc12. The highest BCUT2D eigenvalue weighted by Crippen LogP contribution is 2.20. The second-order valence-corrected chi connectivity index (χ2v) is 3.18. The highest BCUT2D eigenvalue weighted by Gasteiger charge is 1.97. The molecule has 0 heterocycles. The van der Waals surface area contributed by atoms with Crippen molar-refractivity contribution in [3.8, 4) is 0 Å². The average Bonchev–Trinajstić information content (AvgIpc) is 2.19. The number of hydrogen-bond acceptors (Lipinski definition) is 0. The molecule has 0 aliphatic rings.